The molecule has 202 valence electrons. The van der Waals surface area contributed by atoms with Crippen molar-refractivity contribution >= 4 is 15.7 Å². The van der Waals surface area contributed by atoms with Crippen molar-refractivity contribution in [1.82, 2.24) is 10.2 Å². The maximum atomic E-state index is 13.7. The van der Waals surface area contributed by atoms with Crippen LogP contribution in [-0.2, 0) is 16.4 Å². The first kappa shape index (κ1) is 27.7. The Morgan fingerprint density at radius 3 is 2.41 bits per heavy atom. The summed E-state index contributed by atoms with van der Waals surface area (Å²) in [4.78, 5) is 15.6. The Kier molecular flexibility index (Phi) is 8.35. The SMILES string of the molecule is CC[C@@H]1CN(C2CCC(F)(F)CC2)Cc2cc(C(=O)N[C@@H](CO)c3ccc(S(=O)(=O)CC)cc3)ccc21. The lowest BCUT2D eigenvalue weighted by Gasteiger charge is -2.42. The van der Waals surface area contributed by atoms with Gasteiger partial charge in [0.1, 0.15) is 0 Å². The molecule has 6 nitrogen and oxygen atoms in total. The summed E-state index contributed by atoms with van der Waals surface area (Å²) < 4.78 is 51.6. The lowest BCUT2D eigenvalue weighted by molar-refractivity contribution is -0.0561. The zero-order valence-electron chi connectivity index (χ0n) is 21.4. The Bertz CT molecular complexity index is 1210. The normalized spacial score (nSPS) is 21.3. The summed E-state index contributed by atoms with van der Waals surface area (Å²) in [5.41, 5.74) is 3.31. The van der Waals surface area contributed by atoms with Crippen LogP contribution in [0.5, 0.6) is 0 Å². The van der Waals surface area contributed by atoms with Gasteiger partial charge < -0.3 is 10.4 Å². The molecule has 1 fully saturated rings. The van der Waals surface area contributed by atoms with Crippen molar-refractivity contribution in [2.75, 3.05) is 18.9 Å². The molecule has 1 amide bonds. The van der Waals surface area contributed by atoms with Crippen LogP contribution < -0.4 is 5.32 Å². The van der Waals surface area contributed by atoms with Crippen molar-refractivity contribution in [2.45, 2.75) is 81.3 Å². The summed E-state index contributed by atoms with van der Waals surface area (Å²) in [6, 6.07) is 11.3. The quantitative estimate of drug-likeness (QED) is 0.507. The van der Waals surface area contributed by atoms with Crippen molar-refractivity contribution < 1.29 is 27.1 Å². The van der Waals surface area contributed by atoms with E-state index in [1.165, 1.54) is 17.7 Å². The van der Waals surface area contributed by atoms with Gasteiger partial charge >= 0.3 is 0 Å². The molecule has 2 aromatic carbocycles. The van der Waals surface area contributed by atoms with Crippen LogP contribution >= 0.6 is 0 Å². The maximum Gasteiger partial charge on any atom is 0.251 e. The second-order valence-corrected chi connectivity index (χ2v) is 12.5. The van der Waals surface area contributed by atoms with E-state index >= 15 is 0 Å². The standard InChI is InChI=1S/C28H36F2N2O4S/c1-3-19-16-32(23-11-13-28(29,30)14-12-23)17-22-15-21(7-10-25(19)22)27(34)31-26(18-33)20-5-8-24(9-6-20)37(35,36)4-2/h5-10,15,19,23,26,33H,3-4,11-14,16-18H2,1-2H3,(H,31,34)/t19-,26+/m1/s1. The number of fused-ring (bicyclic) bond motifs is 1. The summed E-state index contributed by atoms with van der Waals surface area (Å²) in [6.45, 7) is 4.82. The van der Waals surface area contributed by atoms with E-state index in [2.05, 4.69) is 17.1 Å². The minimum absolute atomic E-state index is 0.00557. The number of nitrogens with zero attached hydrogens (tertiary/aromatic N) is 1. The Balaban J connectivity index is 1.49. The van der Waals surface area contributed by atoms with Crippen molar-refractivity contribution in [3.05, 3.63) is 64.7 Å². The minimum Gasteiger partial charge on any atom is -0.394 e. The van der Waals surface area contributed by atoms with Crippen LogP contribution in [0.2, 0.25) is 0 Å². The van der Waals surface area contributed by atoms with Gasteiger partial charge in [-0.2, -0.15) is 0 Å². The van der Waals surface area contributed by atoms with Gasteiger partial charge in [0.15, 0.2) is 9.84 Å². The highest BCUT2D eigenvalue weighted by Gasteiger charge is 2.38. The highest BCUT2D eigenvalue weighted by Crippen LogP contribution is 2.39. The van der Waals surface area contributed by atoms with Crippen LogP contribution in [0, 0.1) is 0 Å². The average Bonchev–Trinajstić information content (AvgIpc) is 2.90. The second kappa shape index (κ2) is 11.2. The molecule has 1 aliphatic carbocycles. The molecular formula is C28H36F2N2O4S. The molecule has 2 N–H and O–H groups in total. The fourth-order valence-corrected chi connectivity index (χ4v) is 6.40. The van der Waals surface area contributed by atoms with Gasteiger partial charge in [0.25, 0.3) is 5.91 Å². The van der Waals surface area contributed by atoms with Gasteiger partial charge in [-0.15, -0.1) is 0 Å². The average molecular weight is 535 g/mol. The minimum atomic E-state index is -3.34. The zero-order valence-corrected chi connectivity index (χ0v) is 22.2. The smallest absolute Gasteiger partial charge is 0.251 e. The van der Waals surface area contributed by atoms with E-state index in [9.17, 15) is 27.1 Å². The third kappa shape index (κ3) is 6.21. The summed E-state index contributed by atoms with van der Waals surface area (Å²) in [7, 11) is -3.34. The van der Waals surface area contributed by atoms with E-state index in [0.717, 1.165) is 18.5 Å². The number of hydrogen-bond acceptors (Lipinski definition) is 5. The Morgan fingerprint density at radius 1 is 1.14 bits per heavy atom. The number of nitrogens with one attached hydrogen (secondary N) is 1. The molecule has 0 bridgehead atoms. The first-order chi connectivity index (χ1) is 17.6. The number of benzene rings is 2. The number of rotatable bonds is 8. The van der Waals surface area contributed by atoms with E-state index < -0.39 is 21.8 Å². The second-order valence-electron chi connectivity index (χ2n) is 10.2. The van der Waals surface area contributed by atoms with E-state index in [-0.39, 0.29) is 48.0 Å². The highest BCUT2D eigenvalue weighted by atomic mass is 32.2. The molecule has 2 aromatic rings. The van der Waals surface area contributed by atoms with Crippen molar-refractivity contribution in [3.8, 4) is 0 Å². The lowest BCUT2D eigenvalue weighted by Crippen LogP contribution is -2.44. The molecule has 37 heavy (non-hydrogen) atoms. The van der Waals surface area contributed by atoms with E-state index in [1.54, 1.807) is 25.1 Å². The Labute approximate surface area is 218 Å². The highest BCUT2D eigenvalue weighted by molar-refractivity contribution is 7.91. The Hall–Kier alpha value is -2.36. The molecule has 0 spiro atoms. The topological polar surface area (TPSA) is 86.7 Å². The van der Waals surface area contributed by atoms with Gasteiger partial charge in [0.05, 0.1) is 23.3 Å². The van der Waals surface area contributed by atoms with Crippen molar-refractivity contribution in [1.29, 1.82) is 0 Å². The number of aliphatic hydroxyl groups is 1. The number of hydrogen-bond donors (Lipinski definition) is 2. The molecule has 0 unspecified atom stereocenters. The summed E-state index contributed by atoms with van der Waals surface area (Å²) in [6.07, 6.45) is 1.74. The zero-order chi connectivity index (χ0) is 26.8. The molecule has 1 saturated carbocycles. The van der Waals surface area contributed by atoms with E-state index in [0.29, 0.717) is 30.5 Å². The molecular weight excluding hydrogens is 498 g/mol. The maximum absolute atomic E-state index is 13.7. The predicted octanol–water partition coefficient (Wildman–Crippen LogP) is 4.83. The largest absolute Gasteiger partial charge is 0.394 e. The van der Waals surface area contributed by atoms with Gasteiger partial charge in [0.2, 0.25) is 5.92 Å². The van der Waals surface area contributed by atoms with E-state index in [4.69, 9.17) is 0 Å². The fourth-order valence-electron chi connectivity index (χ4n) is 5.51. The molecule has 0 radical (unpaired) electrons. The molecule has 0 aromatic heterocycles. The first-order valence-corrected chi connectivity index (χ1v) is 14.7. The molecule has 1 aliphatic heterocycles. The van der Waals surface area contributed by atoms with Crippen LogP contribution in [0.25, 0.3) is 0 Å². The van der Waals surface area contributed by atoms with Crippen LogP contribution in [0.1, 0.15) is 85.0 Å². The predicted molar refractivity (Wildman–Crippen MR) is 139 cm³/mol. The number of sulfone groups is 1. The molecule has 2 atom stereocenters. The van der Waals surface area contributed by atoms with Gasteiger partial charge in [0, 0.05) is 37.5 Å². The third-order valence-electron chi connectivity index (χ3n) is 7.88. The van der Waals surface area contributed by atoms with Crippen LogP contribution in [0.3, 0.4) is 0 Å². The van der Waals surface area contributed by atoms with Gasteiger partial charge in [-0.3, -0.25) is 9.69 Å². The van der Waals surface area contributed by atoms with Crippen molar-refractivity contribution in [3.63, 3.8) is 0 Å². The number of carbonyl (C=O) groups is 1. The van der Waals surface area contributed by atoms with Gasteiger partial charge in [-0.05, 0) is 66.1 Å². The summed E-state index contributed by atoms with van der Waals surface area (Å²) >= 11 is 0. The summed E-state index contributed by atoms with van der Waals surface area (Å²) in [5, 5.41) is 12.8. The summed E-state index contributed by atoms with van der Waals surface area (Å²) in [5.74, 6) is -2.62. The number of halogens is 2. The number of amides is 1. The lowest BCUT2D eigenvalue weighted by atomic mass is 9.83. The third-order valence-corrected chi connectivity index (χ3v) is 9.63. The molecule has 4 rings (SSSR count). The van der Waals surface area contributed by atoms with Crippen LogP contribution in [-0.4, -0.2) is 55.2 Å². The molecule has 9 heteroatoms. The number of carbonyl (C=O) groups excluding carboxylic acids is 1. The van der Waals surface area contributed by atoms with Gasteiger partial charge in [-0.25, -0.2) is 17.2 Å². The van der Waals surface area contributed by atoms with Crippen molar-refractivity contribution in [2.24, 2.45) is 0 Å². The van der Waals surface area contributed by atoms with Crippen LogP contribution in [0.15, 0.2) is 47.4 Å². The number of alkyl halides is 2. The van der Waals surface area contributed by atoms with Gasteiger partial charge in [-0.1, -0.05) is 32.0 Å². The molecule has 0 saturated heterocycles. The Morgan fingerprint density at radius 2 is 1.81 bits per heavy atom. The number of aliphatic hydroxyl groups excluding tert-OH is 1. The fraction of sp³-hybridized carbons (Fsp3) is 0.536. The van der Waals surface area contributed by atoms with Crippen LogP contribution in [0.4, 0.5) is 8.78 Å². The first-order valence-electron chi connectivity index (χ1n) is 13.1. The monoisotopic (exact) mass is 534 g/mol. The van der Waals surface area contributed by atoms with E-state index in [1.807, 2.05) is 12.1 Å². The molecule has 2 aliphatic rings. The molecule has 1 heterocycles.